The van der Waals surface area contributed by atoms with Crippen LogP contribution in [-0.2, 0) is 17.4 Å². The van der Waals surface area contributed by atoms with Crippen LogP contribution < -0.4 is 10.1 Å². The highest BCUT2D eigenvalue weighted by molar-refractivity contribution is 14.1. The van der Waals surface area contributed by atoms with Gasteiger partial charge in [0.15, 0.2) is 0 Å². The Labute approximate surface area is 271 Å². The first-order valence-corrected chi connectivity index (χ1v) is 15.4. The molecule has 1 aliphatic carbocycles. The summed E-state index contributed by atoms with van der Waals surface area (Å²) in [5.41, 5.74) is 1.07. The van der Waals surface area contributed by atoms with Crippen molar-refractivity contribution in [3.8, 4) is 5.75 Å². The number of hydrogen-bond donors (Lipinski definition) is 4. The summed E-state index contributed by atoms with van der Waals surface area (Å²) in [6, 6.07) is 19.7. The van der Waals surface area contributed by atoms with Crippen molar-refractivity contribution in [2.45, 2.75) is 37.3 Å². The Bertz CT molecular complexity index is 1660. The number of aliphatic hydroxyl groups excluding tert-OH is 2. The first-order valence-electron chi connectivity index (χ1n) is 14.3. The third kappa shape index (κ3) is 7.68. The highest BCUT2D eigenvalue weighted by atomic mass is 127. The van der Waals surface area contributed by atoms with Gasteiger partial charge in [-0.15, -0.1) is 0 Å². The number of aromatic amines is 1. The van der Waals surface area contributed by atoms with Gasteiger partial charge < -0.3 is 30.2 Å². The number of alkyl halides is 3. The lowest BCUT2D eigenvalue weighted by Gasteiger charge is -2.40. The number of ether oxygens (including phenoxy) is 1. The number of H-pyrrole nitrogens is 1. The van der Waals surface area contributed by atoms with Crippen molar-refractivity contribution < 1.29 is 37.7 Å². The molecule has 4 aromatic rings. The molecular weight excluding hydrogens is 702 g/mol. The molecule has 0 fully saturated rings. The van der Waals surface area contributed by atoms with E-state index in [0.717, 1.165) is 44.4 Å². The number of halogens is 4. The van der Waals surface area contributed by atoms with Gasteiger partial charge in [0, 0.05) is 48.3 Å². The molecule has 1 heterocycles. The lowest BCUT2D eigenvalue weighted by Crippen LogP contribution is -2.55. The summed E-state index contributed by atoms with van der Waals surface area (Å²) in [6.45, 7) is -0.203. The molecule has 8 nitrogen and oxygen atoms in total. The summed E-state index contributed by atoms with van der Waals surface area (Å²) in [6.07, 6.45) is -5.11. The molecule has 1 aromatic heterocycles. The molecule has 12 heteroatoms. The van der Waals surface area contributed by atoms with Gasteiger partial charge in [-0.05, 0) is 82.6 Å². The van der Waals surface area contributed by atoms with E-state index in [9.17, 15) is 33.0 Å². The number of aromatic nitrogens is 1. The maximum absolute atomic E-state index is 14.0. The van der Waals surface area contributed by atoms with Gasteiger partial charge in [-0.1, -0.05) is 30.3 Å². The zero-order chi connectivity index (χ0) is 32.1. The zero-order valence-electron chi connectivity index (χ0n) is 23.9. The summed E-state index contributed by atoms with van der Waals surface area (Å²) in [5, 5.41) is 24.5. The van der Waals surface area contributed by atoms with E-state index in [4.69, 9.17) is 4.74 Å². The van der Waals surface area contributed by atoms with Gasteiger partial charge in [-0.3, -0.25) is 9.59 Å². The molecule has 2 amide bonds. The Kier molecular flexibility index (Phi) is 10.1. The number of amides is 2. The molecule has 1 aliphatic rings. The molecule has 0 radical (unpaired) electrons. The molecule has 0 bridgehead atoms. The first kappa shape index (κ1) is 32.5. The minimum atomic E-state index is -4.57. The van der Waals surface area contributed by atoms with Crippen LogP contribution in [0.3, 0.4) is 0 Å². The Morgan fingerprint density at radius 1 is 1.04 bits per heavy atom. The molecule has 0 saturated carbocycles. The summed E-state index contributed by atoms with van der Waals surface area (Å²) in [4.78, 5) is 31.9. The van der Waals surface area contributed by atoms with E-state index >= 15 is 0 Å². The van der Waals surface area contributed by atoms with Crippen molar-refractivity contribution in [3.63, 3.8) is 0 Å². The molecule has 236 valence electrons. The van der Waals surface area contributed by atoms with Crippen LogP contribution in [0.15, 0.2) is 90.5 Å². The van der Waals surface area contributed by atoms with Gasteiger partial charge in [0.1, 0.15) is 18.0 Å². The molecule has 0 unspecified atom stereocenters. The van der Waals surface area contributed by atoms with E-state index in [1.165, 1.54) is 11.0 Å². The van der Waals surface area contributed by atoms with Crippen LogP contribution in [0.25, 0.3) is 10.9 Å². The molecule has 0 saturated heterocycles. The van der Waals surface area contributed by atoms with Gasteiger partial charge in [-0.2, -0.15) is 13.2 Å². The van der Waals surface area contributed by atoms with Crippen LogP contribution in [0.5, 0.6) is 5.75 Å². The number of para-hydroxylation sites is 2. The Balaban J connectivity index is 1.50. The van der Waals surface area contributed by atoms with Crippen molar-refractivity contribution >= 4 is 45.3 Å². The molecular formula is C33H31F3IN3O5. The second kappa shape index (κ2) is 14.0. The van der Waals surface area contributed by atoms with Crippen LogP contribution >= 0.6 is 22.6 Å². The molecule has 5 rings (SSSR count). The highest BCUT2D eigenvalue weighted by Crippen LogP contribution is 2.32. The summed E-state index contributed by atoms with van der Waals surface area (Å²) < 4.78 is 46.7. The fourth-order valence-electron chi connectivity index (χ4n) is 5.36. The Hall–Kier alpha value is -3.88. The van der Waals surface area contributed by atoms with Crippen LogP contribution in [0, 0.1) is 3.57 Å². The smallest absolute Gasteiger partial charge is 0.416 e. The number of rotatable bonds is 10. The summed E-state index contributed by atoms with van der Waals surface area (Å²) in [7, 11) is 0. The molecule has 45 heavy (non-hydrogen) atoms. The van der Waals surface area contributed by atoms with Crippen molar-refractivity contribution in [2.24, 2.45) is 0 Å². The fraction of sp³-hybridized carbons (Fsp3) is 0.273. The average Bonchev–Trinajstić information content (AvgIpc) is 3.45. The van der Waals surface area contributed by atoms with E-state index in [2.05, 4.69) is 32.9 Å². The molecule has 4 N–H and O–H groups in total. The largest absolute Gasteiger partial charge is 0.482 e. The predicted molar refractivity (Wildman–Crippen MR) is 171 cm³/mol. The number of carbonyl (C=O) groups is 2. The van der Waals surface area contributed by atoms with Crippen LogP contribution in [-0.4, -0.2) is 69.9 Å². The van der Waals surface area contributed by atoms with Crippen molar-refractivity contribution in [1.82, 2.24) is 15.2 Å². The topological polar surface area (TPSA) is 115 Å². The number of fused-ring (bicyclic) bond motifs is 1. The Morgan fingerprint density at radius 3 is 2.44 bits per heavy atom. The minimum absolute atomic E-state index is 0.0000829. The number of aliphatic hydroxyl groups is 2. The third-order valence-corrected chi connectivity index (χ3v) is 8.53. The van der Waals surface area contributed by atoms with Gasteiger partial charge in [-0.25, -0.2) is 0 Å². The molecule has 0 aliphatic heterocycles. The number of nitrogens with zero attached hydrogens (tertiary/aromatic N) is 1. The standard InChI is InChI=1S/C33H31F3IN3O5/c34-33(35,36)23-11-9-20(10-12-23)32(44)40(15-13-24-17-21-5-1-3-7-26(21)39-24)27-18-22(31(43)38-14-16-41)19-29(30(27)42)45-28-8-4-2-6-25(28)37/h1-12,17,19,27,29-30,39,41-42H,13-16,18H2,(H,38,43)/t27-,29+,30+/m1/s1. The highest BCUT2D eigenvalue weighted by Gasteiger charge is 2.41. The van der Waals surface area contributed by atoms with Crippen molar-refractivity contribution in [1.29, 1.82) is 0 Å². The van der Waals surface area contributed by atoms with Crippen LogP contribution in [0.1, 0.15) is 28.0 Å². The van der Waals surface area contributed by atoms with Gasteiger partial charge in [0.05, 0.1) is 21.8 Å². The average molecular weight is 734 g/mol. The number of hydrogen-bond acceptors (Lipinski definition) is 5. The third-order valence-electron chi connectivity index (χ3n) is 7.64. The van der Waals surface area contributed by atoms with E-state index < -0.39 is 41.8 Å². The monoisotopic (exact) mass is 733 g/mol. The Morgan fingerprint density at radius 2 is 1.76 bits per heavy atom. The normalized spacial score (nSPS) is 18.4. The minimum Gasteiger partial charge on any atom is -0.482 e. The van der Waals surface area contributed by atoms with E-state index in [1.807, 2.05) is 42.5 Å². The maximum Gasteiger partial charge on any atom is 0.416 e. The second-order valence-corrected chi connectivity index (χ2v) is 11.8. The number of carbonyl (C=O) groups excluding carboxylic acids is 2. The van der Waals surface area contributed by atoms with Crippen LogP contribution in [0.2, 0.25) is 0 Å². The van der Waals surface area contributed by atoms with Gasteiger partial charge in [0.25, 0.3) is 5.91 Å². The van der Waals surface area contributed by atoms with Crippen molar-refractivity contribution in [2.75, 3.05) is 19.7 Å². The number of benzene rings is 3. The number of nitrogens with one attached hydrogen (secondary N) is 2. The summed E-state index contributed by atoms with van der Waals surface area (Å²) >= 11 is 2.09. The van der Waals surface area contributed by atoms with E-state index in [1.54, 1.807) is 12.1 Å². The van der Waals surface area contributed by atoms with E-state index in [-0.39, 0.29) is 37.3 Å². The second-order valence-electron chi connectivity index (χ2n) is 10.7. The fourth-order valence-corrected chi connectivity index (χ4v) is 5.88. The van der Waals surface area contributed by atoms with Crippen LogP contribution in [0.4, 0.5) is 13.2 Å². The zero-order valence-corrected chi connectivity index (χ0v) is 26.1. The lowest BCUT2D eigenvalue weighted by molar-refractivity contribution is -0.137. The summed E-state index contributed by atoms with van der Waals surface area (Å²) in [5.74, 6) is -0.628. The molecule has 3 atom stereocenters. The van der Waals surface area contributed by atoms with Crippen molar-refractivity contribution in [3.05, 3.63) is 111 Å². The first-order chi connectivity index (χ1) is 21.5. The quantitative estimate of drug-likeness (QED) is 0.170. The van der Waals surface area contributed by atoms with E-state index in [0.29, 0.717) is 12.2 Å². The lowest BCUT2D eigenvalue weighted by atomic mass is 9.87. The molecule has 3 aromatic carbocycles. The SMILES string of the molecule is O=C(NCCO)C1=C[C@H](Oc2ccccc2I)[C@@H](O)[C@H](N(CCc2cc3ccccc3[nH]2)C(=O)c2ccc(C(F)(F)F)cc2)C1. The predicted octanol–water partition coefficient (Wildman–Crippen LogP) is 5.09. The maximum atomic E-state index is 14.0. The van der Waals surface area contributed by atoms with Gasteiger partial charge >= 0.3 is 6.18 Å². The molecule has 0 spiro atoms. The van der Waals surface area contributed by atoms with Gasteiger partial charge in [0.2, 0.25) is 5.91 Å².